The molecule has 3 aliphatic rings. The van der Waals surface area contributed by atoms with Crippen molar-refractivity contribution in [2.24, 2.45) is 28.8 Å². The van der Waals surface area contributed by atoms with Crippen LogP contribution < -0.4 is 4.74 Å². The van der Waals surface area contributed by atoms with Gasteiger partial charge >= 0.3 is 0 Å². The highest BCUT2D eigenvalue weighted by molar-refractivity contribution is 6.35. The van der Waals surface area contributed by atoms with E-state index in [0.717, 1.165) is 27.8 Å². The molecule has 2 bridgehead atoms. The number of imide groups is 1. The van der Waals surface area contributed by atoms with E-state index in [1.807, 2.05) is 42.5 Å². The Hall–Kier alpha value is -3.15. The molecular formula is C27H20Cl2N2O3. The van der Waals surface area contributed by atoms with E-state index in [1.165, 1.54) is 0 Å². The minimum atomic E-state index is -0.282. The number of fused-ring (bicyclic) bond motifs is 6. The third-order valence-corrected chi connectivity index (χ3v) is 7.67. The van der Waals surface area contributed by atoms with Crippen LogP contribution in [0.2, 0.25) is 10.0 Å². The maximum atomic E-state index is 13.0. The maximum Gasteiger partial charge on any atom is 0.254 e. The number of hydrazone groups is 1. The van der Waals surface area contributed by atoms with E-state index in [-0.39, 0.29) is 42.1 Å². The molecule has 2 aliphatic carbocycles. The summed E-state index contributed by atoms with van der Waals surface area (Å²) in [6, 6.07) is 16.9. The van der Waals surface area contributed by atoms with Crippen LogP contribution in [0.15, 0.2) is 71.9 Å². The molecule has 5 nitrogen and oxygen atoms in total. The lowest BCUT2D eigenvalue weighted by Crippen LogP contribution is -2.28. The summed E-state index contributed by atoms with van der Waals surface area (Å²) >= 11 is 12.3. The predicted octanol–water partition coefficient (Wildman–Crippen LogP) is 5.87. The molecule has 7 heteroatoms. The predicted molar refractivity (Wildman–Crippen MR) is 132 cm³/mol. The van der Waals surface area contributed by atoms with Crippen LogP contribution in [-0.2, 0) is 16.2 Å². The van der Waals surface area contributed by atoms with Gasteiger partial charge in [-0.05, 0) is 47.2 Å². The van der Waals surface area contributed by atoms with E-state index >= 15 is 0 Å². The van der Waals surface area contributed by atoms with E-state index in [9.17, 15) is 9.59 Å². The first-order valence-corrected chi connectivity index (χ1v) is 12.0. The molecule has 1 saturated heterocycles. The molecule has 1 saturated carbocycles. The Bertz CT molecular complexity index is 1370. The average molecular weight is 491 g/mol. The number of nitrogens with zero attached hydrogens (tertiary/aromatic N) is 2. The standard InChI is InChI=1S/C27H20Cl2N2O3/c28-19-9-7-18(22(29)12-19)14-34-23-10-8-15-3-1-2-4-20(15)21(23)13-30-31-26(32)24-16-5-6-17(11-16)25(24)27(31)33/h1-10,12-13,16-17,24-25H,11,14H2/t16-,17-,24-,25+/m0/s1. The number of benzene rings is 3. The van der Waals surface area contributed by atoms with Crippen LogP contribution in [0.4, 0.5) is 0 Å². The first kappa shape index (κ1) is 21.4. The number of amides is 2. The Kier molecular flexibility index (Phi) is 5.19. The van der Waals surface area contributed by atoms with Gasteiger partial charge in [-0.2, -0.15) is 10.1 Å². The molecule has 3 aromatic rings. The largest absolute Gasteiger partial charge is 0.488 e. The lowest BCUT2D eigenvalue weighted by atomic mass is 9.85. The number of allylic oxidation sites excluding steroid dienone is 2. The number of ether oxygens (including phenoxy) is 1. The molecular weight excluding hydrogens is 471 g/mol. The van der Waals surface area contributed by atoms with Crippen molar-refractivity contribution in [3.05, 3.63) is 87.9 Å². The van der Waals surface area contributed by atoms with Crippen LogP contribution in [-0.4, -0.2) is 23.0 Å². The second kappa shape index (κ2) is 8.26. The fourth-order valence-corrected chi connectivity index (χ4v) is 5.91. The van der Waals surface area contributed by atoms with Gasteiger partial charge in [-0.1, -0.05) is 71.8 Å². The third kappa shape index (κ3) is 3.42. The minimum Gasteiger partial charge on any atom is -0.488 e. The van der Waals surface area contributed by atoms with Crippen molar-refractivity contribution in [3.63, 3.8) is 0 Å². The van der Waals surface area contributed by atoms with Gasteiger partial charge < -0.3 is 4.74 Å². The quantitative estimate of drug-likeness (QED) is 0.255. The lowest BCUT2D eigenvalue weighted by molar-refractivity contribution is -0.140. The van der Waals surface area contributed by atoms with Gasteiger partial charge in [0, 0.05) is 21.2 Å². The number of hydrogen-bond acceptors (Lipinski definition) is 4. The van der Waals surface area contributed by atoms with Gasteiger partial charge in [0.25, 0.3) is 11.8 Å². The van der Waals surface area contributed by atoms with Crippen LogP contribution in [0, 0.1) is 23.7 Å². The number of carbonyl (C=O) groups excluding carboxylic acids is 2. The molecule has 3 aromatic carbocycles. The molecule has 34 heavy (non-hydrogen) atoms. The Morgan fingerprint density at radius 3 is 2.44 bits per heavy atom. The van der Waals surface area contributed by atoms with Crippen molar-refractivity contribution in [1.29, 1.82) is 0 Å². The third-order valence-electron chi connectivity index (χ3n) is 7.08. The van der Waals surface area contributed by atoms with E-state index in [1.54, 1.807) is 18.3 Å². The monoisotopic (exact) mass is 490 g/mol. The van der Waals surface area contributed by atoms with Gasteiger partial charge in [0.05, 0.1) is 18.1 Å². The lowest BCUT2D eigenvalue weighted by Gasteiger charge is -2.14. The highest BCUT2D eigenvalue weighted by atomic mass is 35.5. The highest BCUT2D eigenvalue weighted by Gasteiger charge is 2.59. The van der Waals surface area contributed by atoms with E-state index in [4.69, 9.17) is 27.9 Å². The zero-order valence-corrected chi connectivity index (χ0v) is 19.5. The van der Waals surface area contributed by atoms with E-state index in [2.05, 4.69) is 17.3 Å². The fraction of sp³-hybridized carbons (Fsp3) is 0.222. The molecule has 0 N–H and O–H groups in total. The molecule has 0 radical (unpaired) electrons. The molecule has 0 aromatic heterocycles. The SMILES string of the molecule is O=C1[C@@H]2[C@H](C(=O)N1N=Cc1c(OCc3ccc(Cl)cc3Cl)ccc3ccccc13)[C@H]1C=C[C@H]2C1. The topological polar surface area (TPSA) is 59.0 Å². The number of carbonyl (C=O) groups is 2. The molecule has 0 spiro atoms. The summed E-state index contributed by atoms with van der Waals surface area (Å²) in [4.78, 5) is 26.1. The molecule has 1 aliphatic heterocycles. The molecule has 170 valence electrons. The Morgan fingerprint density at radius 1 is 0.971 bits per heavy atom. The molecule has 0 unspecified atom stereocenters. The average Bonchev–Trinajstić information content (AvgIpc) is 3.52. The van der Waals surface area contributed by atoms with Crippen molar-refractivity contribution in [3.8, 4) is 5.75 Å². The van der Waals surface area contributed by atoms with Crippen molar-refractivity contribution in [2.45, 2.75) is 13.0 Å². The normalized spacial score (nSPS) is 25.2. The number of hydrogen-bond donors (Lipinski definition) is 0. The summed E-state index contributed by atoms with van der Waals surface area (Å²) < 4.78 is 6.12. The van der Waals surface area contributed by atoms with Gasteiger partial charge in [-0.25, -0.2) is 0 Å². The zero-order valence-electron chi connectivity index (χ0n) is 18.0. The van der Waals surface area contributed by atoms with Gasteiger partial charge in [-0.15, -0.1) is 0 Å². The first-order chi connectivity index (χ1) is 16.5. The summed E-state index contributed by atoms with van der Waals surface area (Å²) in [5.41, 5.74) is 1.49. The van der Waals surface area contributed by atoms with Crippen LogP contribution in [0.3, 0.4) is 0 Å². The second-order valence-electron chi connectivity index (χ2n) is 8.96. The number of halogens is 2. The summed E-state index contributed by atoms with van der Waals surface area (Å²) in [7, 11) is 0. The van der Waals surface area contributed by atoms with E-state index in [0.29, 0.717) is 21.4 Å². The molecule has 2 fully saturated rings. The Morgan fingerprint density at radius 2 is 1.71 bits per heavy atom. The first-order valence-electron chi connectivity index (χ1n) is 11.2. The van der Waals surface area contributed by atoms with Gasteiger partial charge in [0.2, 0.25) is 0 Å². The molecule has 2 amide bonds. The highest BCUT2D eigenvalue weighted by Crippen LogP contribution is 2.52. The second-order valence-corrected chi connectivity index (χ2v) is 9.80. The van der Waals surface area contributed by atoms with Crippen LogP contribution >= 0.6 is 23.2 Å². The summed E-state index contributed by atoms with van der Waals surface area (Å²) in [5, 5.41) is 8.43. The molecule has 4 atom stereocenters. The Balaban J connectivity index is 1.33. The van der Waals surface area contributed by atoms with Crippen molar-refractivity contribution in [2.75, 3.05) is 0 Å². The maximum absolute atomic E-state index is 13.0. The van der Waals surface area contributed by atoms with Gasteiger partial charge in [0.15, 0.2) is 0 Å². The van der Waals surface area contributed by atoms with Crippen LogP contribution in [0.5, 0.6) is 5.75 Å². The Labute approximate surface area is 206 Å². The summed E-state index contributed by atoms with van der Waals surface area (Å²) in [6.45, 7) is 0.232. The van der Waals surface area contributed by atoms with Gasteiger partial charge in [-0.3, -0.25) is 9.59 Å². The summed E-state index contributed by atoms with van der Waals surface area (Å²) in [6.07, 6.45) is 6.60. The number of rotatable bonds is 5. The smallest absolute Gasteiger partial charge is 0.254 e. The van der Waals surface area contributed by atoms with Gasteiger partial charge in [0.1, 0.15) is 12.4 Å². The van der Waals surface area contributed by atoms with Crippen molar-refractivity contribution >= 4 is 52.0 Å². The molecule has 6 rings (SSSR count). The van der Waals surface area contributed by atoms with Crippen molar-refractivity contribution in [1.82, 2.24) is 5.01 Å². The van der Waals surface area contributed by atoms with E-state index < -0.39 is 0 Å². The van der Waals surface area contributed by atoms with Crippen molar-refractivity contribution < 1.29 is 14.3 Å². The zero-order chi connectivity index (χ0) is 23.4. The van der Waals surface area contributed by atoms with Crippen LogP contribution in [0.1, 0.15) is 17.5 Å². The summed E-state index contributed by atoms with van der Waals surface area (Å²) in [5.74, 6) is -0.115. The fourth-order valence-electron chi connectivity index (χ4n) is 5.44. The van der Waals surface area contributed by atoms with Crippen LogP contribution in [0.25, 0.3) is 10.8 Å². The molecule has 1 heterocycles. The minimum absolute atomic E-state index is 0.146.